The number of aromatic nitrogens is 2. The molecule has 0 bridgehead atoms. The molecule has 1 atom stereocenters. The zero-order chi connectivity index (χ0) is 16.1. The molecule has 0 saturated carbocycles. The fourth-order valence-corrected chi connectivity index (χ4v) is 3.73. The van der Waals surface area contributed by atoms with E-state index >= 15 is 0 Å². The van der Waals surface area contributed by atoms with Gasteiger partial charge in [0.15, 0.2) is 5.16 Å². The molecule has 5 heteroatoms. The van der Waals surface area contributed by atoms with Gasteiger partial charge in [0.2, 0.25) is 0 Å². The third kappa shape index (κ3) is 3.98. The fourth-order valence-electron chi connectivity index (χ4n) is 2.90. The molecule has 1 heterocycles. The van der Waals surface area contributed by atoms with Crippen LogP contribution in [0.4, 0.5) is 0 Å². The fraction of sp³-hybridized carbons (Fsp3) is 0.588. The first kappa shape index (κ1) is 17.6. The Kier molecular flexibility index (Phi) is 6.60. The molecule has 1 aromatic heterocycles. The summed E-state index contributed by atoms with van der Waals surface area (Å²) in [6.07, 6.45) is 4.46. The van der Waals surface area contributed by atoms with Crippen molar-refractivity contribution in [3.63, 3.8) is 0 Å². The molecule has 2 aromatic rings. The second kappa shape index (κ2) is 8.23. The summed E-state index contributed by atoms with van der Waals surface area (Å²) in [6, 6.07) is 6.44. The maximum atomic E-state index is 6.09. The SMILES string of the molecule is CCN(CC)CCCC(C)n1c(SC)nc2cc(Cl)ccc21. The first-order valence-corrected chi connectivity index (χ1v) is 9.64. The van der Waals surface area contributed by atoms with Crippen LogP contribution in [0, 0.1) is 0 Å². The molecule has 0 fully saturated rings. The average Bonchev–Trinajstić information content (AvgIpc) is 2.88. The molecule has 1 aromatic carbocycles. The second-order valence-electron chi connectivity index (χ2n) is 5.62. The molecule has 1 unspecified atom stereocenters. The molecular formula is C17H26ClN3S. The van der Waals surface area contributed by atoms with Crippen molar-refractivity contribution in [1.29, 1.82) is 0 Å². The Morgan fingerprint density at radius 1 is 1.32 bits per heavy atom. The first-order chi connectivity index (χ1) is 10.6. The molecule has 0 N–H and O–H groups in total. The van der Waals surface area contributed by atoms with Gasteiger partial charge in [-0.2, -0.15) is 0 Å². The number of imidazole rings is 1. The summed E-state index contributed by atoms with van der Waals surface area (Å²) in [5.41, 5.74) is 2.18. The minimum Gasteiger partial charge on any atom is -0.316 e. The Balaban J connectivity index is 2.14. The molecule has 3 nitrogen and oxygen atoms in total. The summed E-state index contributed by atoms with van der Waals surface area (Å²) in [6.45, 7) is 10.2. The van der Waals surface area contributed by atoms with Gasteiger partial charge in [-0.3, -0.25) is 0 Å². The lowest BCUT2D eigenvalue weighted by molar-refractivity contribution is 0.287. The van der Waals surface area contributed by atoms with Gasteiger partial charge in [-0.05, 0) is 63.9 Å². The van der Waals surface area contributed by atoms with E-state index in [0.717, 1.165) is 35.2 Å². The highest BCUT2D eigenvalue weighted by Crippen LogP contribution is 2.30. The Bertz CT molecular complexity index is 607. The van der Waals surface area contributed by atoms with Crippen LogP contribution in [-0.2, 0) is 0 Å². The Morgan fingerprint density at radius 2 is 2.05 bits per heavy atom. The van der Waals surface area contributed by atoms with E-state index in [2.05, 4.69) is 42.6 Å². The van der Waals surface area contributed by atoms with Crippen LogP contribution in [0.3, 0.4) is 0 Å². The van der Waals surface area contributed by atoms with Gasteiger partial charge in [-0.25, -0.2) is 4.98 Å². The van der Waals surface area contributed by atoms with Gasteiger partial charge in [-0.15, -0.1) is 0 Å². The maximum Gasteiger partial charge on any atom is 0.169 e. The summed E-state index contributed by atoms with van der Waals surface area (Å²) in [4.78, 5) is 7.20. The van der Waals surface area contributed by atoms with Gasteiger partial charge < -0.3 is 9.47 Å². The maximum absolute atomic E-state index is 6.09. The lowest BCUT2D eigenvalue weighted by Crippen LogP contribution is -2.24. The monoisotopic (exact) mass is 339 g/mol. The number of thioether (sulfide) groups is 1. The second-order valence-corrected chi connectivity index (χ2v) is 6.83. The summed E-state index contributed by atoms with van der Waals surface area (Å²) in [7, 11) is 0. The predicted molar refractivity (Wildman–Crippen MR) is 98.3 cm³/mol. The van der Waals surface area contributed by atoms with E-state index in [0.29, 0.717) is 6.04 Å². The summed E-state index contributed by atoms with van der Waals surface area (Å²) in [5, 5.41) is 1.83. The molecule has 0 aliphatic carbocycles. The van der Waals surface area contributed by atoms with Gasteiger partial charge in [0, 0.05) is 11.1 Å². The van der Waals surface area contributed by atoms with Crippen LogP contribution in [0.2, 0.25) is 5.02 Å². The van der Waals surface area contributed by atoms with E-state index in [1.54, 1.807) is 11.8 Å². The highest BCUT2D eigenvalue weighted by Gasteiger charge is 2.15. The van der Waals surface area contributed by atoms with E-state index < -0.39 is 0 Å². The highest BCUT2D eigenvalue weighted by atomic mass is 35.5. The standard InChI is InChI=1S/C17H26ClN3S/c1-5-20(6-2)11-7-8-13(3)21-16-10-9-14(18)12-15(16)19-17(21)22-4/h9-10,12-13H,5-8,11H2,1-4H3. The smallest absolute Gasteiger partial charge is 0.169 e. The summed E-state index contributed by atoms with van der Waals surface area (Å²) >= 11 is 7.79. The number of hydrogen-bond donors (Lipinski definition) is 0. The van der Waals surface area contributed by atoms with Crippen molar-refractivity contribution in [1.82, 2.24) is 14.5 Å². The topological polar surface area (TPSA) is 21.1 Å². The molecule has 0 aliphatic heterocycles. The van der Waals surface area contributed by atoms with Gasteiger partial charge in [0.1, 0.15) is 0 Å². The number of fused-ring (bicyclic) bond motifs is 1. The Morgan fingerprint density at radius 3 is 2.68 bits per heavy atom. The van der Waals surface area contributed by atoms with Crippen molar-refractivity contribution in [2.24, 2.45) is 0 Å². The molecule has 0 amide bonds. The van der Waals surface area contributed by atoms with Crippen molar-refractivity contribution < 1.29 is 0 Å². The number of benzene rings is 1. The van der Waals surface area contributed by atoms with Crippen LogP contribution in [0.25, 0.3) is 11.0 Å². The van der Waals surface area contributed by atoms with E-state index in [1.165, 1.54) is 18.5 Å². The Labute approximate surface area is 143 Å². The van der Waals surface area contributed by atoms with Gasteiger partial charge in [0.05, 0.1) is 11.0 Å². The number of nitrogens with zero attached hydrogens (tertiary/aromatic N) is 3. The number of rotatable bonds is 8. The van der Waals surface area contributed by atoms with Crippen LogP contribution in [0.15, 0.2) is 23.4 Å². The average molecular weight is 340 g/mol. The van der Waals surface area contributed by atoms with E-state index in [1.807, 2.05) is 12.1 Å². The van der Waals surface area contributed by atoms with Crippen molar-refractivity contribution in [3.05, 3.63) is 23.2 Å². The minimum absolute atomic E-state index is 0.448. The lowest BCUT2D eigenvalue weighted by atomic mass is 10.1. The third-order valence-corrected chi connectivity index (χ3v) is 5.12. The third-order valence-electron chi connectivity index (χ3n) is 4.23. The largest absolute Gasteiger partial charge is 0.316 e. The van der Waals surface area contributed by atoms with Crippen molar-refractivity contribution in [3.8, 4) is 0 Å². The van der Waals surface area contributed by atoms with Gasteiger partial charge in [-0.1, -0.05) is 37.2 Å². The van der Waals surface area contributed by atoms with Gasteiger partial charge >= 0.3 is 0 Å². The molecule has 22 heavy (non-hydrogen) atoms. The quantitative estimate of drug-likeness (QED) is 0.625. The van der Waals surface area contributed by atoms with E-state index in [4.69, 9.17) is 16.6 Å². The van der Waals surface area contributed by atoms with Crippen molar-refractivity contribution in [2.45, 2.75) is 44.8 Å². The molecule has 0 saturated heterocycles. The van der Waals surface area contributed by atoms with Crippen LogP contribution in [0.5, 0.6) is 0 Å². The molecule has 0 aliphatic rings. The van der Waals surface area contributed by atoms with Crippen LogP contribution < -0.4 is 0 Å². The normalized spacial score (nSPS) is 13.2. The highest BCUT2D eigenvalue weighted by molar-refractivity contribution is 7.98. The van der Waals surface area contributed by atoms with Gasteiger partial charge in [0.25, 0.3) is 0 Å². The van der Waals surface area contributed by atoms with Crippen molar-refractivity contribution >= 4 is 34.4 Å². The van der Waals surface area contributed by atoms with Crippen LogP contribution in [-0.4, -0.2) is 40.3 Å². The molecule has 122 valence electrons. The van der Waals surface area contributed by atoms with Crippen molar-refractivity contribution in [2.75, 3.05) is 25.9 Å². The summed E-state index contributed by atoms with van der Waals surface area (Å²) < 4.78 is 2.36. The molecule has 2 rings (SSSR count). The molecular weight excluding hydrogens is 314 g/mol. The van der Waals surface area contributed by atoms with E-state index in [-0.39, 0.29) is 0 Å². The lowest BCUT2D eigenvalue weighted by Gasteiger charge is -2.21. The Hall–Kier alpha value is -0.710. The summed E-state index contributed by atoms with van der Waals surface area (Å²) in [5.74, 6) is 0. The predicted octanol–water partition coefficient (Wildman–Crippen LogP) is 5.09. The minimum atomic E-state index is 0.448. The molecule has 0 radical (unpaired) electrons. The first-order valence-electron chi connectivity index (χ1n) is 8.04. The molecule has 0 spiro atoms. The number of halogens is 1. The number of hydrogen-bond acceptors (Lipinski definition) is 3. The zero-order valence-electron chi connectivity index (χ0n) is 14.0. The van der Waals surface area contributed by atoms with E-state index in [9.17, 15) is 0 Å². The zero-order valence-corrected chi connectivity index (χ0v) is 15.5. The van der Waals surface area contributed by atoms with Crippen LogP contribution in [0.1, 0.15) is 39.7 Å². The van der Waals surface area contributed by atoms with Crippen LogP contribution >= 0.6 is 23.4 Å².